The molecule has 41 heavy (non-hydrogen) atoms. The van der Waals surface area contributed by atoms with Crippen molar-refractivity contribution in [3.63, 3.8) is 0 Å². The van der Waals surface area contributed by atoms with Crippen LogP contribution in [0.3, 0.4) is 0 Å². The minimum atomic E-state index is -1.25. The van der Waals surface area contributed by atoms with Crippen LogP contribution >= 0.6 is 11.3 Å². The highest BCUT2D eigenvalue weighted by Gasteiger charge is 2.40. The number of amides is 1. The highest BCUT2D eigenvalue weighted by Crippen LogP contribution is 2.43. The summed E-state index contributed by atoms with van der Waals surface area (Å²) in [5.74, 6) is 0.0671. The molecule has 3 heterocycles. The number of benzene rings is 2. The van der Waals surface area contributed by atoms with Crippen molar-refractivity contribution in [1.29, 1.82) is 0 Å². The van der Waals surface area contributed by atoms with Crippen molar-refractivity contribution in [2.45, 2.75) is 57.8 Å². The van der Waals surface area contributed by atoms with Gasteiger partial charge in [0.1, 0.15) is 22.0 Å². The Balaban J connectivity index is 1.45. The van der Waals surface area contributed by atoms with E-state index < -0.39 is 17.3 Å². The number of anilines is 1. The molecule has 8 nitrogen and oxygen atoms in total. The van der Waals surface area contributed by atoms with Gasteiger partial charge in [-0.3, -0.25) is 0 Å². The minimum Gasteiger partial charge on any atom is -0.444 e. The van der Waals surface area contributed by atoms with Gasteiger partial charge in [-0.1, -0.05) is 42.5 Å². The maximum absolute atomic E-state index is 14.3. The van der Waals surface area contributed by atoms with E-state index in [4.69, 9.17) is 14.7 Å². The molecule has 0 radical (unpaired) electrons. The Bertz CT molecular complexity index is 1510. The number of aliphatic hydroxyl groups is 1. The number of piperidine rings is 1. The van der Waals surface area contributed by atoms with Gasteiger partial charge in [0, 0.05) is 37.7 Å². The molecule has 10 heteroatoms. The fourth-order valence-corrected chi connectivity index (χ4v) is 5.90. The second-order valence-electron chi connectivity index (χ2n) is 11.2. The minimum absolute atomic E-state index is 0.0259. The quantitative estimate of drug-likeness (QED) is 0.261. The molecule has 1 atom stereocenters. The fourth-order valence-electron chi connectivity index (χ4n) is 4.70. The first-order chi connectivity index (χ1) is 19.5. The molecule has 0 saturated carbocycles. The Morgan fingerprint density at radius 1 is 1.10 bits per heavy atom. The standard InChI is InChI=1S/C31H34FN5O3S/c1-20(21-9-6-5-7-10-21)34-28-33-16-13-24(35-28)26-25(22-11-8-12-23(32)19-22)36-27(41-26)31(39)14-17-37(18-15-31)29(38)40-30(2,3)4/h5-13,16,19-20,39H,14-15,17-18H2,1-4H3,(H,33,34,35). The number of hydrogen-bond acceptors (Lipinski definition) is 8. The lowest BCUT2D eigenvalue weighted by molar-refractivity contribution is -0.0356. The molecule has 0 aliphatic carbocycles. The SMILES string of the molecule is CC(Nc1nccc(-c2sc(C3(O)CCN(C(=O)OC(C)(C)C)CC3)nc2-c2cccc(F)c2)n1)c1ccccc1. The van der Waals surface area contributed by atoms with Crippen molar-refractivity contribution in [3.8, 4) is 21.8 Å². The first-order valence-electron chi connectivity index (χ1n) is 13.6. The van der Waals surface area contributed by atoms with Crippen molar-refractivity contribution in [2.75, 3.05) is 18.4 Å². The van der Waals surface area contributed by atoms with Crippen LogP contribution in [0.1, 0.15) is 57.1 Å². The molecule has 1 unspecified atom stereocenters. The highest BCUT2D eigenvalue weighted by molar-refractivity contribution is 7.15. The van der Waals surface area contributed by atoms with Crippen LogP contribution in [0, 0.1) is 5.82 Å². The first kappa shape index (κ1) is 28.6. The van der Waals surface area contributed by atoms with Crippen LogP contribution in [0.15, 0.2) is 66.9 Å². The Kier molecular flexibility index (Phi) is 8.06. The van der Waals surface area contributed by atoms with Gasteiger partial charge in [-0.25, -0.2) is 24.1 Å². The zero-order valence-electron chi connectivity index (χ0n) is 23.6. The number of rotatable bonds is 6. The second-order valence-corrected chi connectivity index (χ2v) is 12.2. The average molecular weight is 576 g/mol. The van der Waals surface area contributed by atoms with E-state index in [-0.39, 0.29) is 11.9 Å². The number of nitrogens with zero attached hydrogens (tertiary/aromatic N) is 4. The van der Waals surface area contributed by atoms with Crippen LogP contribution in [0.4, 0.5) is 15.1 Å². The van der Waals surface area contributed by atoms with Gasteiger partial charge in [0.15, 0.2) is 0 Å². The zero-order valence-corrected chi connectivity index (χ0v) is 24.4. The smallest absolute Gasteiger partial charge is 0.410 e. The summed E-state index contributed by atoms with van der Waals surface area (Å²) >= 11 is 1.33. The molecule has 1 aliphatic heterocycles. The summed E-state index contributed by atoms with van der Waals surface area (Å²) in [6, 6.07) is 18.0. The van der Waals surface area contributed by atoms with Gasteiger partial charge in [-0.05, 0) is 51.5 Å². The molecule has 4 aromatic rings. The van der Waals surface area contributed by atoms with Crippen molar-refractivity contribution < 1.29 is 19.0 Å². The first-order valence-corrected chi connectivity index (χ1v) is 14.4. The molecule has 2 aromatic carbocycles. The molecule has 5 rings (SSSR count). The van der Waals surface area contributed by atoms with E-state index in [1.54, 1.807) is 29.3 Å². The number of hydrogen-bond donors (Lipinski definition) is 2. The van der Waals surface area contributed by atoms with Gasteiger partial charge >= 0.3 is 6.09 Å². The van der Waals surface area contributed by atoms with Crippen LogP contribution < -0.4 is 5.32 Å². The fraction of sp³-hybridized carbons (Fsp3) is 0.355. The van der Waals surface area contributed by atoms with Crippen LogP contribution in [0.25, 0.3) is 21.8 Å². The third-order valence-corrected chi connectivity index (χ3v) is 8.17. The van der Waals surface area contributed by atoms with Gasteiger partial charge in [0.25, 0.3) is 0 Å². The summed E-state index contributed by atoms with van der Waals surface area (Å²) in [6.07, 6.45) is 1.87. The lowest BCUT2D eigenvalue weighted by Crippen LogP contribution is -2.46. The summed E-state index contributed by atoms with van der Waals surface area (Å²) in [5, 5.41) is 15.6. The number of thiazole rings is 1. The number of aromatic nitrogens is 3. The Morgan fingerprint density at radius 2 is 1.83 bits per heavy atom. The molecule has 214 valence electrons. The van der Waals surface area contributed by atoms with Gasteiger partial charge < -0.3 is 20.1 Å². The Hall–Kier alpha value is -3.89. The summed E-state index contributed by atoms with van der Waals surface area (Å²) in [6.45, 7) is 8.17. The summed E-state index contributed by atoms with van der Waals surface area (Å²) in [7, 11) is 0. The van der Waals surface area contributed by atoms with Crippen LogP contribution in [0.5, 0.6) is 0 Å². The van der Waals surface area contributed by atoms with Crippen LogP contribution in [-0.4, -0.2) is 49.7 Å². The van der Waals surface area contributed by atoms with E-state index in [0.29, 0.717) is 58.7 Å². The van der Waals surface area contributed by atoms with Crippen molar-refractivity contribution >= 4 is 23.4 Å². The molecule has 1 amide bonds. The number of nitrogens with one attached hydrogen (secondary N) is 1. The van der Waals surface area contributed by atoms with E-state index >= 15 is 0 Å². The Labute approximate surface area is 243 Å². The normalized spacial score (nSPS) is 15.8. The van der Waals surface area contributed by atoms with E-state index in [2.05, 4.69) is 10.3 Å². The van der Waals surface area contributed by atoms with E-state index in [0.717, 1.165) is 5.56 Å². The number of likely N-dealkylation sites (tertiary alicyclic amines) is 1. The van der Waals surface area contributed by atoms with Crippen LogP contribution in [0.2, 0.25) is 0 Å². The molecule has 1 saturated heterocycles. The van der Waals surface area contributed by atoms with Crippen molar-refractivity contribution in [2.24, 2.45) is 0 Å². The average Bonchev–Trinajstić information content (AvgIpc) is 3.40. The zero-order chi connectivity index (χ0) is 29.2. The molecule has 2 aromatic heterocycles. The molecular weight excluding hydrogens is 541 g/mol. The predicted molar refractivity (Wildman–Crippen MR) is 158 cm³/mol. The highest BCUT2D eigenvalue weighted by atomic mass is 32.1. The lowest BCUT2D eigenvalue weighted by atomic mass is 9.92. The maximum Gasteiger partial charge on any atom is 0.410 e. The van der Waals surface area contributed by atoms with Gasteiger partial charge in [0.2, 0.25) is 5.95 Å². The third kappa shape index (κ3) is 6.71. The largest absolute Gasteiger partial charge is 0.444 e. The maximum atomic E-state index is 14.3. The molecule has 0 spiro atoms. The molecular formula is C31H34FN5O3S. The third-order valence-electron chi connectivity index (χ3n) is 6.90. The topological polar surface area (TPSA) is 100 Å². The predicted octanol–water partition coefficient (Wildman–Crippen LogP) is 6.80. The second kappa shape index (κ2) is 11.5. The van der Waals surface area contributed by atoms with E-state index in [1.807, 2.05) is 58.0 Å². The Morgan fingerprint density at radius 3 is 2.51 bits per heavy atom. The van der Waals surface area contributed by atoms with Gasteiger partial charge in [-0.2, -0.15) is 0 Å². The number of ether oxygens (including phenoxy) is 1. The molecule has 1 aliphatic rings. The number of halogens is 1. The summed E-state index contributed by atoms with van der Waals surface area (Å²) in [4.78, 5) is 28.9. The van der Waals surface area contributed by atoms with Gasteiger partial charge in [0.05, 0.1) is 22.3 Å². The van der Waals surface area contributed by atoms with Crippen LogP contribution in [-0.2, 0) is 10.3 Å². The summed E-state index contributed by atoms with van der Waals surface area (Å²) < 4.78 is 19.8. The van der Waals surface area contributed by atoms with E-state index in [9.17, 15) is 14.3 Å². The van der Waals surface area contributed by atoms with E-state index in [1.165, 1.54) is 23.5 Å². The molecule has 0 bridgehead atoms. The van der Waals surface area contributed by atoms with Crippen molar-refractivity contribution in [1.82, 2.24) is 19.9 Å². The monoisotopic (exact) mass is 575 g/mol. The molecule has 1 fully saturated rings. The van der Waals surface area contributed by atoms with Crippen molar-refractivity contribution in [3.05, 3.63) is 83.2 Å². The number of carbonyl (C=O) groups is 1. The van der Waals surface area contributed by atoms with Gasteiger partial charge in [-0.15, -0.1) is 11.3 Å². The lowest BCUT2D eigenvalue weighted by Gasteiger charge is -2.37. The summed E-state index contributed by atoms with van der Waals surface area (Å²) in [5.41, 5.74) is 0.984. The molecule has 2 N–H and O–H groups in total. The number of carbonyl (C=O) groups excluding carboxylic acids is 1.